The van der Waals surface area contributed by atoms with Crippen molar-refractivity contribution >= 4 is 5.97 Å². The zero-order valence-electron chi connectivity index (χ0n) is 12.2. The molecule has 0 spiro atoms. The van der Waals surface area contributed by atoms with Crippen LogP contribution in [0.2, 0.25) is 0 Å². The van der Waals surface area contributed by atoms with Crippen LogP contribution >= 0.6 is 0 Å². The third-order valence-electron chi connectivity index (χ3n) is 3.94. The maximum absolute atomic E-state index is 13.8. The Kier molecular flexibility index (Phi) is 5.12. The van der Waals surface area contributed by atoms with E-state index in [1.807, 2.05) is 0 Å². The van der Waals surface area contributed by atoms with Crippen molar-refractivity contribution in [3.05, 3.63) is 35.1 Å². The number of benzene rings is 1. The molecule has 0 radical (unpaired) electrons. The fourth-order valence-electron chi connectivity index (χ4n) is 2.94. The summed E-state index contributed by atoms with van der Waals surface area (Å²) in [6.45, 7) is 1.76. The van der Waals surface area contributed by atoms with Crippen LogP contribution in [-0.4, -0.2) is 31.6 Å². The zero-order valence-corrected chi connectivity index (χ0v) is 12.2. The summed E-state index contributed by atoms with van der Waals surface area (Å²) in [4.78, 5) is 13.6. The highest BCUT2D eigenvalue weighted by Crippen LogP contribution is 2.25. The van der Waals surface area contributed by atoms with Gasteiger partial charge in [-0.25, -0.2) is 9.18 Å². The van der Waals surface area contributed by atoms with Crippen molar-refractivity contribution in [1.29, 1.82) is 0 Å². The van der Waals surface area contributed by atoms with Crippen molar-refractivity contribution in [3.8, 4) is 0 Å². The quantitative estimate of drug-likeness (QED) is 0.775. The Bertz CT molecular complexity index is 470. The number of hydrogen-bond donors (Lipinski definition) is 0. The van der Waals surface area contributed by atoms with Crippen LogP contribution in [0.25, 0.3) is 0 Å². The zero-order chi connectivity index (χ0) is 14.5. The molecule has 0 N–H and O–H groups in total. The molecule has 0 unspecified atom stereocenters. The second-order valence-electron chi connectivity index (χ2n) is 5.65. The van der Waals surface area contributed by atoms with Crippen LogP contribution in [0.4, 0.5) is 4.39 Å². The molecule has 1 aliphatic carbocycles. The van der Waals surface area contributed by atoms with E-state index in [2.05, 4.69) is 16.7 Å². The predicted octanol–water partition coefficient (Wildman–Crippen LogP) is 3.23. The maximum atomic E-state index is 13.8. The Morgan fingerprint density at radius 3 is 2.70 bits per heavy atom. The summed E-state index contributed by atoms with van der Waals surface area (Å²) >= 11 is 0. The Hall–Kier alpha value is -1.42. The van der Waals surface area contributed by atoms with Gasteiger partial charge in [0.2, 0.25) is 0 Å². The summed E-state index contributed by atoms with van der Waals surface area (Å²) in [6, 6.07) is 4.72. The largest absolute Gasteiger partial charge is 0.465 e. The molecular formula is C16H22FNO2. The summed E-state index contributed by atoms with van der Waals surface area (Å²) in [5, 5.41) is 0. The smallest absolute Gasteiger partial charge is 0.340 e. The molecule has 2 rings (SSSR count). The van der Waals surface area contributed by atoms with Crippen molar-refractivity contribution in [1.82, 2.24) is 4.90 Å². The normalized spacial score (nSPS) is 15.8. The number of halogens is 1. The summed E-state index contributed by atoms with van der Waals surface area (Å²) in [5.41, 5.74) is 0.880. The minimum atomic E-state index is -0.631. The van der Waals surface area contributed by atoms with Gasteiger partial charge < -0.3 is 9.64 Å². The third-order valence-corrected chi connectivity index (χ3v) is 3.94. The van der Waals surface area contributed by atoms with Crippen LogP contribution in [0, 0.1) is 11.7 Å². The highest BCUT2D eigenvalue weighted by Gasteiger charge is 2.17. The number of rotatable bonds is 5. The SMILES string of the molecule is COC(=O)c1ccc(CN(C)CC2CCCC2)cc1F. The van der Waals surface area contributed by atoms with E-state index in [0.717, 1.165) is 18.0 Å². The lowest BCUT2D eigenvalue weighted by atomic mass is 10.1. The molecule has 0 bridgehead atoms. The van der Waals surface area contributed by atoms with Gasteiger partial charge in [-0.15, -0.1) is 0 Å². The van der Waals surface area contributed by atoms with E-state index < -0.39 is 11.8 Å². The number of carbonyl (C=O) groups is 1. The number of ether oxygens (including phenoxy) is 1. The van der Waals surface area contributed by atoms with E-state index in [0.29, 0.717) is 6.54 Å². The van der Waals surface area contributed by atoms with Gasteiger partial charge in [-0.3, -0.25) is 0 Å². The monoisotopic (exact) mass is 279 g/mol. The van der Waals surface area contributed by atoms with Gasteiger partial charge in [-0.1, -0.05) is 18.9 Å². The molecular weight excluding hydrogens is 257 g/mol. The predicted molar refractivity (Wildman–Crippen MR) is 76.0 cm³/mol. The number of esters is 1. The number of methoxy groups -OCH3 is 1. The second-order valence-corrected chi connectivity index (χ2v) is 5.65. The topological polar surface area (TPSA) is 29.5 Å². The standard InChI is InChI=1S/C16H22FNO2/c1-18(10-12-5-3-4-6-12)11-13-7-8-14(15(17)9-13)16(19)20-2/h7-9,12H,3-6,10-11H2,1-2H3. The Morgan fingerprint density at radius 2 is 2.10 bits per heavy atom. The minimum absolute atomic E-state index is 0.00491. The van der Waals surface area contributed by atoms with Crippen molar-refractivity contribution in [2.75, 3.05) is 20.7 Å². The van der Waals surface area contributed by atoms with Crippen LogP contribution < -0.4 is 0 Å². The molecule has 0 aromatic heterocycles. The van der Waals surface area contributed by atoms with Gasteiger partial charge in [-0.2, -0.15) is 0 Å². The molecule has 1 saturated carbocycles. The Morgan fingerprint density at radius 1 is 1.40 bits per heavy atom. The van der Waals surface area contributed by atoms with Crippen molar-refractivity contribution < 1.29 is 13.9 Å². The van der Waals surface area contributed by atoms with Crippen LogP contribution in [-0.2, 0) is 11.3 Å². The number of nitrogens with zero attached hydrogens (tertiary/aromatic N) is 1. The number of carbonyl (C=O) groups excluding carboxylic acids is 1. The first-order valence-electron chi connectivity index (χ1n) is 7.15. The molecule has 4 heteroatoms. The van der Waals surface area contributed by atoms with Crippen LogP contribution in [0.5, 0.6) is 0 Å². The molecule has 0 saturated heterocycles. The molecule has 1 fully saturated rings. The fourth-order valence-corrected chi connectivity index (χ4v) is 2.94. The first-order valence-corrected chi connectivity index (χ1v) is 7.15. The molecule has 20 heavy (non-hydrogen) atoms. The van der Waals surface area contributed by atoms with Gasteiger partial charge in [0.15, 0.2) is 0 Å². The number of hydrogen-bond acceptors (Lipinski definition) is 3. The molecule has 3 nitrogen and oxygen atoms in total. The van der Waals surface area contributed by atoms with Crippen molar-refractivity contribution in [2.24, 2.45) is 5.92 Å². The Labute approximate surface area is 119 Å². The second kappa shape index (κ2) is 6.84. The first kappa shape index (κ1) is 15.0. The summed E-state index contributed by atoms with van der Waals surface area (Å²) in [5.74, 6) is -0.365. The summed E-state index contributed by atoms with van der Waals surface area (Å²) in [6.07, 6.45) is 5.28. The van der Waals surface area contributed by atoms with E-state index in [1.54, 1.807) is 6.07 Å². The van der Waals surface area contributed by atoms with Crippen molar-refractivity contribution in [2.45, 2.75) is 32.2 Å². The molecule has 0 atom stereocenters. The summed E-state index contributed by atoms with van der Waals surface area (Å²) in [7, 11) is 3.31. The van der Waals surface area contributed by atoms with Crippen molar-refractivity contribution in [3.63, 3.8) is 0 Å². The molecule has 110 valence electrons. The van der Waals surface area contributed by atoms with Gasteiger partial charge in [0.1, 0.15) is 5.82 Å². The van der Waals surface area contributed by atoms with E-state index in [9.17, 15) is 9.18 Å². The summed E-state index contributed by atoms with van der Waals surface area (Å²) < 4.78 is 18.4. The molecule has 1 aromatic carbocycles. The van der Waals surface area contributed by atoms with E-state index >= 15 is 0 Å². The highest BCUT2D eigenvalue weighted by atomic mass is 19.1. The third kappa shape index (κ3) is 3.79. The first-order chi connectivity index (χ1) is 9.60. The fraction of sp³-hybridized carbons (Fsp3) is 0.562. The van der Waals surface area contributed by atoms with Gasteiger partial charge >= 0.3 is 5.97 Å². The van der Waals surface area contributed by atoms with Gasteiger partial charge in [0.25, 0.3) is 0 Å². The Balaban J connectivity index is 1.95. The van der Waals surface area contributed by atoms with Crippen LogP contribution in [0.1, 0.15) is 41.6 Å². The van der Waals surface area contributed by atoms with Crippen LogP contribution in [0.3, 0.4) is 0 Å². The van der Waals surface area contributed by atoms with E-state index in [1.165, 1.54) is 44.9 Å². The molecule has 0 aliphatic heterocycles. The molecule has 1 aromatic rings. The lowest BCUT2D eigenvalue weighted by molar-refractivity contribution is 0.0595. The maximum Gasteiger partial charge on any atom is 0.340 e. The van der Waals surface area contributed by atoms with Gasteiger partial charge in [0.05, 0.1) is 12.7 Å². The van der Waals surface area contributed by atoms with Gasteiger partial charge in [-0.05, 0) is 43.5 Å². The van der Waals surface area contributed by atoms with Crippen LogP contribution in [0.15, 0.2) is 18.2 Å². The molecule has 1 aliphatic rings. The van der Waals surface area contributed by atoms with E-state index in [-0.39, 0.29) is 5.56 Å². The minimum Gasteiger partial charge on any atom is -0.465 e. The lowest BCUT2D eigenvalue weighted by Gasteiger charge is -2.20. The average molecular weight is 279 g/mol. The molecule has 0 heterocycles. The molecule has 0 amide bonds. The average Bonchev–Trinajstić information content (AvgIpc) is 2.90. The lowest BCUT2D eigenvalue weighted by Crippen LogP contribution is -2.24. The van der Waals surface area contributed by atoms with E-state index in [4.69, 9.17) is 0 Å². The van der Waals surface area contributed by atoms with Gasteiger partial charge in [0, 0.05) is 13.1 Å². The highest BCUT2D eigenvalue weighted by molar-refractivity contribution is 5.89.